The molecule has 5 rings (SSSR count). The summed E-state index contributed by atoms with van der Waals surface area (Å²) in [4.78, 5) is 48.6. The van der Waals surface area contributed by atoms with Gasteiger partial charge in [-0.1, -0.05) is 24.1 Å². The number of terminal acetylenes is 1. The molecule has 1 aliphatic rings. The van der Waals surface area contributed by atoms with Crippen LogP contribution in [0.2, 0.25) is 0 Å². The number of anilines is 2. The van der Waals surface area contributed by atoms with E-state index < -0.39 is 0 Å². The molecule has 0 radical (unpaired) electrons. The van der Waals surface area contributed by atoms with Gasteiger partial charge in [0.05, 0.1) is 12.2 Å². The number of nitrogens with one attached hydrogen (secondary N) is 1. The first-order valence-electron chi connectivity index (χ1n) is 12.9. The number of benzene rings is 2. The number of hydrogen-bond acceptors (Lipinski definition) is 6. The Morgan fingerprint density at radius 3 is 2.59 bits per heavy atom. The van der Waals surface area contributed by atoms with Crippen molar-refractivity contribution in [3.63, 3.8) is 0 Å². The molecule has 0 aliphatic carbocycles. The van der Waals surface area contributed by atoms with E-state index in [1.165, 1.54) is 16.3 Å². The monoisotopic (exact) mass is 613 g/mol. The third kappa shape index (κ3) is 5.02. The molecule has 2 amide bonds. The zero-order valence-corrected chi connectivity index (χ0v) is 24.6. The highest BCUT2D eigenvalue weighted by molar-refractivity contribution is 9.10. The minimum Gasteiger partial charge on any atom is -0.354 e. The number of para-hydroxylation sites is 1. The lowest BCUT2D eigenvalue weighted by Crippen LogP contribution is -2.46. The molecule has 1 unspecified atom stereocenters. The van der Waals surface area contributed by atoms with E-state index in [4.69, 9.17) is 11.4 Å². The van der Waals surface area contributed by atoms with E-state index in [0.717, 1.165) is 10.2 Å². The lowest BCUT2D eigenvalue weighted by atomic mass is 9.98. The number of aromatic nitrogens is 4. The van der Waals surface area contributed by atoms with Crippen LogP contribution in [0.4, 0.5) is 11.6 Å². The van der Waals surface area contributed by atoms with Crippen LogP contribution in [0.15, 0.2) is 63.9 Å². The Kier molecular flexibility index (Phi) is 7.51. The molecule has 10 nitrogen and oxygen atoms in total. The molecule has 41 heavy (non-hydrogen) atoms. The summed E-state index contributed by atoms with van der Waals surface area (Å²) in [5.41, 5.74) is 2.84. The van der Waals surface area contributed by atoms with Gasteiger partial charge in [0.1, 0.15) is 5.69 Å². The molecule has 2 aromatic heterocycles. The van der Waals surface area contributed by atoms with Gasteiger partial charge in [0.15, 0.2) is 5.82 Å². The zero-order chi connectivity index (χ0) is 29.4. The predicted molar refractivity (Wildman–Crippen MR) is 160 cm³/mol. The van der Waals surface area contributed by atoms with Gasteiger partial charge in [-0.15, -0.1) is 6.42 Å². The molecule has 2 aromatic carbocycles. The van der Waals surface area contributed by atoms with Crippen LogP contribution >= 0.6 is 15.9 Å². The van der Waals surface area contributed by atoms with Gasteiger partial charge in [-0.2, -0.15) is 5.10 Å². The molecule has 0 spiro atoms. The van der Waals surface area contributed by atoms with Gasteiger partial charge < -0.3 is 15.1 Å². The van der Waals surface area contributed by atoms with E-state index in [0.29, 0.717) is 40.4 Å². The number of hydrogen-bond donors (Lipinski definition) is 1. The van der Waals surface area contributed by atoms with E-state index in [2.05, 4.69) is 32.3 Å². The van der Waals surface area contributed by atoms with Crippen LogP contribution < -0.4 is 15.8 Å². The van der Waals surface area contributed by atoms with Gasteiger partial charge in [0.25, 0.3) is 17.4 Å². The first kappa shape index (κ1) is 27.9. The SMILES string of the molecule is C#Cc1cc(C(=O)N2Cc3nc(N(C)c4ccccc4)n(-c4cc(C(=O)NC)n(C)n4)c(=O)c3CC2C)ccc1Br. The second kappa shape index (κ2) is 11.1. The van der Waals surface area contributed by atoms with Crippen LogP contribution in [-0.2, 0) is 20.0 Å². The third-order valence-electron chi connectivity index (χ3n) is 7.23. The van der Waals surface area contributed by atoms with Crippen LogP contribution in [0.5, 0.6) is 0 Å². The molecule has 0 fully saturated rings. The topological polar surface area (TPSA) is 105 Å². The molecule has 4 aromatic rings. The van der Waals surface area contributed by atoms with E-state index in [9.17, 15) is 14.4 Å². The molecule has 1 aliphatic heterocycles. The Balaban J connectivity index is 1.64. The highest BCUT2D eigenvalue weighted by atomic mass is 79.9. The molecule has 1 atom stereocenters. The third-order valence-corrected chi connectivity index (χ3v) is 7.92. The standard InChI is InChI=1S/C30H28BrN7O3/c1-6-19-15-20(12-13-23(19)31)28(40)37-17-24-22(14-18(37)2)29(41)38(26-16-25(27(39)32-3)36(5)34-26)30(33-24)35(4)21-10-8-7-9-11-21/h1,7-13,15-16,18H,14,17H2,2-5H3,(H,32,39). The smallest absolute Gasteiger partial charge is 0.269 e. The average molecular weight is 615 g/mol. The maximum atomic E-state index is 14.2. The summed E-state index contributed by atoms with van der Waals surface area (Å²) in [6.45, 7) is 2.05. The summed E-state index contributed by atoms with van der Waals surface area (Å²) in [7, 11) is 4.98. The fraction of sp³-hybridized carbons (Fsp3) is 0.233. The van der Waals surface area contributed by atoms with Gasteiger partial charge in [-0.05, 0) is 59.6 Å². The fourth-order valence-electron chi connectivity index (χ4n) is 4.95. The summed E-state index contributed by atoms with van der Waals surface area (Å²) >= 11 is 3.41. The average Bonchev–Trinajstić information content (AvgIpc) is 3.37. The number of rotatable bonds is 5. The number of fused-ring (bicyclic) bond motifs is 1. The van der Waals surface area contributed by atoms with Crippen molar-refractivity contribution in [1.82, 2.24) is 29.5 Å². The van der Waals surface area contributed by atoms with Crippen molar-refractivity contribution in [2.45, 2.75) is 25.9 Å². The van der Waals surface area contributed by atoms with Gasteiger partial charge in [0, 0.05) is 60.1 Å². The molecule has 1 N–H and O–H groups in total. The van der Waals surface area contributed by atoms with E-state index >= 15 is 0 Å². The van der Waals surface area contributed by atoms with Gasteiger partial charge in [0.2, 0.25) is 5.95 Å². The van der Waals surface area contributed by atoms with Gasteiger partial charge in [-0.3, -0.25) is 19.1 Å². The second-order valence-electron chi connectivity index (χ2n) is 9.79. The van der Waals surface area contributed by atoms with Crippen molar-refractivity contribution >= 4 is 39.4 Å². The number of nitrogens with zero attached hydrogens (tertiary/aromatic N) is 6. The van der Waals surface area contributed by atoms with Crippen molar-refractivity contribution in [3.05, 3.63) is 97.5 Å². The minimum atomic E-state index is -0.327. The van der Waals surface area contributed by atoms with E-state index in [1.54, 1.807) is 48.2 Å². The predicted octanol–water partition coefficient (Wildman–Crippen LogP) is 3.42. The Labute approximate surface area is 245 Å². The van der Waals surface area contributed by atoms with Crippen molar-refractivity contribution in [2.24, 2.45) is 7.05 Å². The van der Waals surface area contributed by atoms with Crippen molar-refractivity contribution in [2.75, 3.05) is 19.0 Å². The molecule has 0 bridgehead atoms. The van der Waals surface area contributed by atoms with Crippen molar-refractivity contribution in [1.29, 1.82) is 0 Å². The summed E-state index contributed by atoms with van der Waals surface area (Å²) in [5, 5.41) is 7.08. The Morgan fingerprint density at radius 1 is 1.17 bits per heavy atom. The summed E-state index contributed by atoms with van der Waals surface area (Å²) < 4.78 is 3.59. The largest absolute Gasteiger partial charge is 0.354 e. The van der Waals surface area contributed by atoms with Crippen LogP contribution in [0.25, 0.3) is 5.82 Å². The molecule has 0 saturated heterocycles. The maximum Gasteiger partial charge on any atom is 0.269 e. The summed E-state index contributed by atoms with van der Waals surface area (Å²) in [6.07, 6.45) is 5.91. The van der Waals surface area contributed by atoms with E-state index in [1.807, 2.05) is 37.3 Å². The summed E-state index contributed by atoms with van der Waals surface area (Å²) in [5.74, 6) is 2.64. The lowest BCUT2D eigenvalue weighted by molar-refractivity contribution is 0.0653. The van der Waals surface area contributed by atoms with Crippen LogP contribution in [0.3, 0.4) is 0 Å². The highest BCUT2D eigenvalue weighted by Gasteiger charge is 2.33. The normalized spacial score (nSPS) is 14.2. The number of carbonyl (C=O) groups is 2. The number of carbonyl (C=O) groups excluding carboxylic acids is 2. The zero-order valence-electron chi connectivity index (χ0n) is 23.1. The van der Waals surface area contributed by atoms with E-state index in [-0.39, 0.29) is 35.8 Å². The van der Waals surface area contributed by atoms with Crippen molar-refractivity contribution < 1.29 is 9.59 Å². The van der Waals surface area contributed by atoms with Crippen LogP contribution in [0.1, 0.15) is 44.6 Å². The Hall–Kier alpha value is -4.69. The fourth-order valence-corrected chi connectivity index (χ4v) is 5.31. The van der Waals surface area contributed by atoms with Gasteiger partial charge in [-0.25, -0.2) is 9.55 Å². The first-order valence-corrected chi connectivity index (χ1v) is 13.7. The minimum absolute atomic E-state index is 0.147. The number of halogens is 1. The second-order valence-corrected chi connectivity index (χ2v) is 10.6. The molecular formula is C30H28BrN7O3. The molecular weight excluding hydrogens is 586 g/mol. The first-order chi connectivity index (χ1) is 19.6. The molecule has 3 heterocycles. The van der Waals surface area contributed by atoms with Gasteiger partial charge >= 0.3 is 0 Å². The number of aryl methyl sites for hydroxylation is 1. The summed E-state index contributed by atoms with van der Waals surface area (Å²) in [6, 6.07) is 15.9. The molecule has 11 heteroatoms. The lowest BCUT2D eigenvalue weighted by Gasteiger charge is -2.35. The highest BCUT2D eigenvalue weighted by Crippen LogP contribution is 2.29. The maximum absolute atomic E-state index is 14.2. The van der Waals surface area contributed by atoms with Crippen LogP contribution in [-0.4, -0.2) is 56.2 Å². The Bertz CT molecular complexity index is 1770. The van der Waals surface area contributed by atoms with Crippen molar-refractivity contribution in [3.8, 4) is 18.2 Å². The number of amides is 2. The Morgan fingerprint density at radius 2 is 1.90 bits per heavy atom. The molecule has 208 valence electrons. The molecule has 0 saturated carbocycles. The quantitative estimate of drug-likeness (QED) is 0.346. The van der Waals surface area contributed by atoms with Crippen LogP contribution in [0, 0.1) is 12.3 Å².